The normalized spacial score (nSPS) is 11.0. The number of ether oxygens (including phenoxy) is 4. The summed E-state index contributed by atoms with van der Waals surface area (Å²) in [5.41, 5.74) is 10.7. The van der Waals surface area contributed by atoms with Crippen LogP contribution in [0.2, 0.25) is 0 Å². The molecule has 46 heavy (non-hydrogen) atoms. The van der Waals surface area contributed by atoms with Crippen LogP contribution in [0.5, 0.6) is 11.5 Å². The summed E-state index contributed by atoms with van der Waals surface area (Å²) in [4.78, 5) is 33.8. The minimum absolute atomic E-state index is 0.0709. The lowest BCUT2D eigenvalue weighted by molar-refractivity contribution is -0.385. The molecule has 0 fully saturated rings. The van der Waals surface area contributed by atoms with Crippen molar-refractivity contribution >= 4 is 23.7 Å². The first-order valence-corrected chi connectivity index (χ1v) is 14.5. The molecule has 0 aliphatic rings. The van der Waals surface area contributed by atoms with Crippen LogP contribution >= 0.6 is 0 Å². The fraction of sp³-hybridized carbons (Fsp3) is 0.278. The molecule has 0 radical (unpaired) electrons. The van der Waals surface area contributed by atoms with Gasteiger partial charge in [-0.15, -0.1) is 0 Å². The Balaban J connectivity index is 0.000000251. The molecule has 0 spiro atoms. The van der Waals surface area contributed by atoms with Crippen LogP contribution in [0.3, 0.4) is 0 Å². The van der Waals surface area contributed by atoms with E-state index in [1.165, 1.54) is 6.07 Å². The number of nitrogen functional groups attached to an aromatic ring is 1. The van der Waals surface area contributed by atoms with Crippen molar-refractivity contribution in [3.63, 3.8) is 0 Å². The Morgan fingerprint density at radius 1 is 0.609 bits per heavy atom. The van der Waals surface area contributed by atoms with Crippen molar-refractivity contribution in [3.8, 4) is 33.8 Å². The molecule has 0 aliphatic heterocycles. The van der Waals surface area contributed by atoms with Gasteiger partial charge in [-0.25, -0.2) is 9.59 Å². The summed E-state index contributed by atoms with van der Waals surface area (Å²) in [7, 11) is 0. The number of rotatable bonds is 5. The van der Waals surface area contributed by atoms with Crippen molar-refractivity contribution in [1.29, 1.82) is 0 Å². The van der Waals surface area contributed by atoms with E-state index in [2.05, 4.69) is 0 Å². The van der Waals surface area contributed by atoms with E-state index in [0.717, 1.165) is 33.5 Å². The number of nitro groups is 1. The molecular formula is C36H40N2O8. The van der Waals surface area contributed by atoms with Crippen LogP contribution < -0.4 is 15.2 Å². The molecule has 0 saturated carbocycles. The quantitative estimate of drug-likeness (QED) is 0.0752. The fourth-order valence-corrected chi connectivity index (χ4v) is 3.97. The van der Waals surface area contributed by atoms with E-state index in [0.29, 0.717) is 17.1 Å². The van der Waals surface area contributed by atoms with Crippen molar-refractivity contribution in [2.75, 3.05) is 5.73 Å². The Morgan fingerprint density at radius 2 is 0.978 bits per heavy atom. The van der Waals surface area contributed by atoms with Gasteiger partial charge < -0.3 is 24.7 Å². The zero-order valence-electron chi connectivity index (χ0n) is 27.4. The minimum atomic E-state index is -0.777. The lowest BCUT2D eigenvalue weighted by atomic mass is 10.0. The second kappa shape index (κ2) is 14.6. The van der Waals surface area contributed by atoms with Crippen molar-refractivity contribution in [2.24, 2.45) is 0 Å². The Bertz CT molecular complexity index is 1680. The number of aryl methyl sites for hydroxylation is 2. The van der Waals surface area contributed by atoms with Gasteiger partial charge in [-0.3, -0.25) is 10.1 Å². The second-order valence-electron chi connectivity index (χ2n) is 12.5. The fourth-order valence-electron chi connectivity index (χ4n) is 3.97. The molecule has 10 heteroatoms. The third-order valence-corrected chi connectivity index (χ3v) is 6.24. The number of hydrogen-bond acceptors (Lipinski definition) is 9. The molecule has 0 heterocycles. The predicted octanol–water partition coefficient (Wildman–Crippen LogP) is 9.44. The Hall–Kier alpha value is -5.38. The average Bonchev–Trinajstić information content (AvgIpc) is 2.94. The van der Waals surface area contributed by atoms with Crippen molar-refractivity contribution in [3.05, 3.63) is 106 Å². The number of carbonyl (C=O) groups excluding carboxylic acids is 2. The van der Waals surface area contributed by atoms with Gasteiger partial charge >= 0.3 is 12.3 Å². The summed E-state index contributed by atoms with van der Waals surface area (Å²) in [6, 6.07) is 24.9. The number of nitrogens with zero attached hydrogens (tertiary/aromatic N) is 1. The van der Waals surface area contributed by atoms with Crippen molar-refractivity contribution < 1.29 is 33.5 Å². The van der Waals surface area contributed by atoms with Crippen LogP contribution in [0.25, 0.3) is 22.3 Å². The molecule has 0 aromatic heterocycles. The number of nitrogens with two attached hydrogens (primary N) is 1. The predicted molar refractivity (Wildman–Crippen MR) is 178 cm³/mol. The van der Waals surface area contributed by atoms with Crippen LogP contribution in [0.1, 0.15) is 52.7 Å². The monoisotopic (exact) mass is 628 g/mol. The minimum Gasteiger partial charge on any atom is -0.428 e. The topological polar surface area (TPSA) is 140 Å². The van der Waals surface area contributed by atoms with Crippen LogP contribution in [0, 0.1) is 24.0 Å². The van der Waals surface area contributed by atoms with Crippen molar-refractivity contribution in [2.45, 2.75) is 66.6 Å². The molecule has 0 unspecified atom stereocenters. The molecule has 0 bridgehead atoms. The van der Waals surface area contributed by atoms with E-state index in [-0.39, 0.29) is 5.69 Å². The van der Waals surface area contributed by atoms with Gasteiger partial charge in [0, 0.05) is 17.3 Å². The molecular weight excluding hydrogens is 588 g/mol. The van der Waals surface area contributed by atoms with Crippen LogP contribution in [-0.4, -0.2) is 28.4 Å². The zero-order chi connectivity index (χ0) is 34.2. The van der Waals surface area contributed by atoms with Gasteiger partial charge in [-0.1, -0.05) is 48.5 Å². The van der Waals surface area contributed by atoms with Crippen LogP contribution in [0.4, 0.5) is 21.0 Å². The average molecular weight is 629 g/mol. The van der Waals surface area contributed by atoms with Crippen LogP contribution in [0.15, 0.2) is 84.9 Å². The third kappa shape index (κ3) is 11.0. The Labute approximate surface area is 269 Å². The second-order valence-corrected chi connectivity index (χ2v) is 12.5. The highest BCUT2D eigenvalue weighted by Gasteiger charge is 2.19. The number of carbonyl (C=O) groups is 2. The number of nitro benzene ring substituents is 1. The van der Waals surface area contributed by atoms with Gasteiger partial charge in [0.05, 0.1) is 4.92 Å². The molecule has 0 amide bonds. The molecule has 4 rings (SSSR count). The van der Waals surface area contributed by atoms with Gasteiger partial charge in [-0.05, 0) is 114 Å². The maximum atomic E-state index is 11.6. The lowest BCUT2D eigenvalue weighted by Crippen LogP contribution is -2.25. The third-order valence-electron chi connectivity index (χ3n) is 6.24. The number of benzene rings is 4. The summed E-state index contributed by atoms with van der Waals surface area (Å²) in [5, 5.41) is 11.0. The first-order chi connectivity index (χ1) is 21.4. The molecule has 10 nitrogen and oxygen atoms in total. The number of anilines is 1. The molecule has 242 valence electrons. The standard InChI is InChI=1S/C18H19NO5.C18H21NO3/c1-12-5-6-14(11-16(12)19(21)22)13-7-9-15(10-8-13)23-17(20)24-18(2,3)4;1-12-5-6-14(11-16(12)19)13-7-9-15(10-8-13)21-17(20)22-18(2,3)4/h5-11H,1-4H3;5-11H,19H2,1-4H3. The van der Waals surface area contributed by atoms with E-state index in [9.17, 15) is 19.7 Å². The molecule has 0 atom stereocenters. The summed E-state index contributed by atoms with van der Waals surface area (Å²) in [6.45, 7) is 14.3. The van der Waals surface area contributed by atoms with E-state index < -0.39 is 28.4 Å². The maximum Gasteiger partial charge on any atom is 0.514 e. The highest BCUT2D eigenvalue weighted by Crippen LogP contribution is 2.29. The Morgan fingerprint density at radius 3 is 1.35 bits per heavy atom. The zero-order valence-corrected chi connectivity index (χ0v) is 27.4. The molecule has 0 saturated heterocycles. The summed E-state index contributed by atoms with van der Waals surface area (Å²) in [5.74, 6) is 0.785. The number of hydrogen-bond donors (Lipinski definition) is 1. The first-order valence-electron chi connectivity index (χ1n) is 14.5. The van der Waals surface area contributed by atoms with E-state index in [1.807, 2.05) is 43.3 Å². The molecule has 0 aliphatic carbocycles. The van der Waals surface area contributed by atoms with Gasteiger partial charge in [0.25, 0.3) is 5.69 Å². The first kappa shape index (κ1) is 35.1. The van der Waals surface area contributed by atoms with E-state index in [4.69, 9.17) is 24.7 Å². The largest absolute Gasteiger partial charge is 0.514 e. The molecule has 2 N–H and O–H groups in total. The van der Waals surface area contributed by atoms with Crippen molar-refractivity contribution in [1.82, 2.24) is 0 Å². The van der Waals surface area contributed by atoms with Gasteiger partial charge in [0.1, 0.15) is 22.7 Å². The summed E-state index contributed by atoms with van der Waals surface area (Å²) >= 11 is 0. The molecule has 4 aromatic rings. The highest BCUT2D eigenvalue weighted by atomic mass is 16.7. The Kier molecular flexibility index (Phi) is 11.1. The summed E-state index contributed by atoms with van der Waals surface area (Å²) < 4.78 is 20.4. The maximum absolute atomic E-state index is 11.6. The molecule has 4 aromatic carbocycles. The van der Waals surface area contributed by atoms with Gasteiger partial charge in [-0.2, -0.15) is 0 Å². The van der Waals surface area contributed by atoms with Gasteiger partial charge in [0.2, 0.25) is 0 Å². The highest BCUT2D eigenvalue weighted by molar-refractivity contribution is 5.71. The van der Waals surface area contributed by atoms with E-state index in [1.54, 1.807) is 90.9 Å². The summed E-state index contributed by atoms with van der Waals surface area (Å²) in [6.07, 6.45) is -1.49. The lowest BCUT2D eigenvalue weighted by Gasteiger charge is -2.18. The smallest absolute Gasteiger partial charge is 0.428 e. The SMILES string of the molecule is Cc1ccc(-c2ccc(OC(=O)OC(C)(C)C)cc2)cc1N.Cc1ccc(-c2ccc(OC(=O)OC(C)(C)C)cc2)cc1[N+](=O)[O-]. The van der Waals surface area contributed by atoms with Gasteiger partial charge in [0.15, 0.2) is 0 Å². The van der Waals surface area contributed by atoms with Crippen LogP contribution in [-0.2, 0) is 9.47 Å². The van der Waals surface area contributed by atoms with E-state index >= 15 is 0 Å².